The zero-order valence-corrected chi connectivity index (χ0v) is 12.3. The molecule has 0 bridgehead atoms. The first-order valence-electron chi connectivity index (χ1n) is 6.27. The van der Waals surface area contributed by atoms with Crippen LogP contribution in [0.1, 0.15) is 11.1 Å². The van der Waals surface area contributed by atoms with E-state index in [1.165, 1.54) is 0 Å². The topological polar surface area (TPSA) is 104 Å². The van der Waals surface area contributed by atoms with Gasteiger partial charge in [0.05, 0.1) is 5.69 Å². The van der Waals surface area contributed by atoms with Gasteiger partial charge < -0.3 is 10.4 Å². The van der Waals surface area contributed by atoms with Gasteiger partial charge in [-0.3, -0.25) is 4.72 Å². The summed E-state index contributed by atoms with van der Waals surface area (Å²) in [6, 6.07) is 12.2. The number of rotatable bonds is 5. The van der Waals surface area contributed by atoms with Crippen LogP contribution in [0.25, 0.3) is 0 Å². The van der Waals surface area contributed by atoms with Gasteiger partial charge in [-0.2, -0.15) is 8.42 Å². The normalized spacial score (nSPS) is 11.1. The molecular weight excluding hydrogens is 290 g/mol. The van der Waals surface area contributed by atoms with Crippen LogP contribution in [-0.2, 0) is 16.8 Å². The Labute approximate surface area is 123 Å². The Kier molecular flexibility index (Phi) is 4.35. The average Bonchev–Trinajstić information content (AvgIpc) is 2.39. The highest BCUT2D eigenvalue weighted by molar-refractivity contribution is 7.90. The second-order valence-electron chi connectivity index (χ2n) is 4.66. The summed E-state index contributed by atoms with van der Waals surface area (Å²) >= 11 is 0. The van der Waals surface area contributed by atoms with Gasteiger partial charge in [0.2, 0.25) is 0 Å². The molecule has 2 aromatic rings. The summed E-state index contributed by atoms with van der Waals surface area (Å²) in [5, 5.41) is 18.0. The highest BCUT2D eigenvalue weighted by atomic mass is 32.2. The lowest BCUT2D eigenvalue weighted by molar-refractivity contribution is 0.465. The third kappa shape index (κ3) is 4.37. The zero-order valence-electron chi connectivity index (χ0n) is 11.5. The van der Waals surface area contributed by atoms with E-state index in [9.17, 15) is 13.5 Å². The fraction of sp³-hybridized carbons (Fsp3) is 0.143. The van der Waals surface area contributed by atoms with Gasteiger partial charge in [0.1, 0.15) is 5.75 Å². The molecule has 7 heteroatoms. The van der Waals surface area contributed by atoms with Crippen LogP contribution in [-0.4, -0.2) is 13.5 Å². The van der Waals surface area contributed by atoms with E-state index in [-0.39, 0.29) is 5.75 Å². The number of phenolic OH excluding ortho intramolecular Hbond substituents is 1. The quantitative estimate of drug-likeness (QED) is 0.677. The number of aromatic hydroxyl groups is 1. The Bertz CT molecular complexity index is 745. The third-order valence-electron chi connectivity index (χ3n) is 2.93. The van der Waals surface area contributed by atoms with Crippen LogP contribution in [0.4, 0.5) is 11.4 Å². The minimum Gasteiger partial charge on any atom is -0.507 e. The molecule has 5 N–H and O–H groups in total. The highest BCUT2D eigenvalue weighted by Crippen LogP contribution is 2.23. The van der Waals surface area contributed by atoms with Gasteiger partial charge in [-0.05, 0) is 30.7 Å². The maximum Gasteiger partial charge on any atom is 0.296 e. The number of hydrogen-bond donors (Lipinski definition) is 4. The standard InChI is InChI=1S/C14H17N3O3S/c1-10-4-2-5-11(14(10)18)9-16-12-6-3-7-13(8-12)17-21(15,19)20/h2-8,16-18H,9H2,1H3,(H2,15,19,20). The summed E-state index contributed by atoms with van der Waals surface area (Å²) < 4.78 is 24.2. The zero-order chi connectivity index (χ0) is 15.5. The van der Waals surface area contributed by atoms with E-state index in [0.717, 1.165) is 11.1 Å². The molecule has 21 heavy (non-hydrogen) atoms. The van der Waals surface area contributed by atoms with E-state index in [2.05, 4.69) is 10.0 Å². The minimum atomic E-state index is -3.79. The van der Waals surface area contributed by atoms with Crippen molar-refractivity contribution in [3.05, 3.63) is 53.6 Å². The number of phenols is 1. The molecular formula is C14H17N3O3S. The lowest BCUT2D eigenvalue weighted by Gasteiger charge is -2.11. The molecule has 2 rings (SSSR count). The summed E-state index contributed by atoms with van der Waals surface area (Å²) in [5.41, 5.74) is 2.65. The number of para-hydroxylation sites is 1. The fourth-order valence-electron chi connectivity index (χ4n) is 1.92. The number of nitrogens with two attached hydrogens (primary N) is 1. The molecule has 0 spiro atoms. The Balaban J connectivity index is 2.10. The molecule has 2 aromatic carbocycles. The Morgan fingerprint density at radius 3 is 2.52 bits per heavy atom. The van der Waals surface area contributed by atoms with E-state index in [1.807, 2.05) is 25.1 Å². The highest BCUT2D eigenvalue weighted by Gasteiger charge is 2.05. The molecule has 0 aliphatic rings. The third-order valence-corrected chi connectivity index (χ3v) is 3.45. The number of aryl methyl sites for hydroxylation is 1. The van der Waals surface area contributed by atoms with E-state index in [1.54, 1.807) is 24.3 Å². The summed E-state index contributed by atoms with van der Waals surface area (Å²) in [7, 11) is -3.79. The van der Waals surface area contributed by atoms with Crippen molar-refractivity contribution in [3.8, 4) is 5.75 Å². The molecule has 0 fully saturated rings. The molecule has 6 nitrogen and oxygen atoms in total. The maximum atomic E-state index is 11.0. The number of hydrogen-bond acceptors (Lipinski definition) is 4. The van der Waals surface area contributed by atoms with E-state index < -0.39 is 10.2 Å². The van der Waals surface area contributed by atoms with Gasteiger partial charge in [0.25, 0.3) is 10.2 Å². The summed E-state index contributed by atoms with van der Waals surface area (Å²) in [6.45, 7) is 2.25. The van der Waals surface area contributed by atoms with Crippen molar-refractivity contribution in [2.45, 2.75) is 13.5 Å². The molecule has 0 aliphatic heterocycles. The molecule has 0 saturated heterocycles. The van der Waals surface area contributed by atoms with Crippen molar-refractivity contribution >= 4 is 21.6 Å². The van der Waals surface area contributed by atoms with Crippen LogP contribution < -0.4 is 15.2 Å². The summed E-state index contributed by atoms with van der Waals surface area (Å²) in [5.74, 6) is 0.254. The smallest absolute Gasteiger partial charge is 0.296 e. The predicted molar refractivity (Wildman–Crippen MR) is 83.3 cm³/mol. The Morgan fingerprint density at radius 1 is 1.14 bits per heavy atom. The second kappa shape index (κ2) is 6.02. The van der Waals surface area contributed by atoms with Crippen LogP contribution in [0.3, 0.4) is 0 Å². The monoisotopic (exact) mass is 307 g/mol. The molecule has 0 aromatic heterocycles. The molecule has 112 valence electrons. The molecule has 0 unspecified atom stereocenters. The lowest BCUT2D eigenvalue weighted by Crippen LogP contribution is -2.21. The van der Waals surface area contributed by atoms with E-state index in [0.29, 0.717) is 17.9 Å². The largest absolute Gasteiger partial charge is 0.507 e. The van der Waals surface area contributed by atoms with Crippen molar-refractivity contribution in [2.75, 3.05) is 10.0 Å². The van der Waals surface area contributed by atoms with Gasteiger partial charge in [-0.25, -0.2) is 5.14 Å². The molecule has 0 aliphatic carbocycles. The second-order valence-corrected chi connectivity index (χ2v) is 5.96. The van der Waals surface area contributed by atoms with E-state index >= 15 is 0 Å². The average molecular weight is 307 g/mol. The van der Waals surface area contributed by atoms with Crippen molar-refractivity contribution in [2.24, 2.45) is 5.14 Å². The van der Waals surface area contributed by atoms with Crippen LogP contribution >= 0.6 is 0 Å². The number of anilines is 2. The van der Waals surface area contributed by atoms with Crippen LogP contribution in [0.15, 0.2) is 42.5 Å². The maximum absolute atomic E-state index is 11.0. The van der Waals surface area contributed by atoms with Crippen molar-refractivity contribution < 1.29 is 13.5 Å². The van der Waals surface area contributed by atoms with Gasteiger partial charge in [-0.15, -0.1) is 0 Å². The van der Waals surface area contributed by atoms with Gasteiger partial charge in [0, 0.05) is 17.8 Å². The molecule has 0 saturated carbocycles. The Hall–Kier alpha value is -2.25. The molecule has 0 heterocycles. The molecule has 0 atom stereocenters. The van der Waals surface area contributed by atoms with Crippen LogP contribution in [0.2, 0.25) is 0 Å². The number of nitrogens with one attached hydrogen (secondary N) is 2. The van der Waals surface area contributed by atoms with Gasteiger partial charge in [-0.1, -0.05) is 24.3 Å². The first kappa shape index (κ1) is 15.1. The first-order valence-corrected chi connectivity index (χ1v) is 7.82. The molecule has 0 amide bonds. The van der Waals surface area contributed by atoms with Gasteiger partial charge in [0.15, 0.2) is 0 Å². The SMILES string of the molecule is Cc1cccc(CNc2cccc(NS(N)(=O)=O)c2)c1O. The van der Waals surface area contributed by atoms with Gasteiger partial charge >= 0.3 is 0 Å². The molecule has 0 radical (unpaired) electrons. The van der Waals surface area contributed by atoms with Crippen LogP contribution in [0, 0.1) is 6.92 Å². The number of benzene rings is 2. The lowest BCUT2D eigenvalue weighted by atomic mass is 10.1. The van der Waals surface area contributed by atoms with E-state index in [4.69, 9.17) is 5.14 Å². The summed E-state index contributed by atoms with van der Waals surface area (Å²) in [4.78, 5) is 0. The Morgan fingerprint density at radius 2 is 1.81 bits per heavy atom. The van der Waals surface area contributed by atoms with Crippen LogP contribution in [0.5, 0.6) is 5.75 Å². The fourth-order valence-corrected chi connectivity index (χ4v) is 2.37. The minimum absolute atomic E-state index is 0.254. The van der Waals surface area contributed by atoms with Crippen molar-refractivity contribution in [1.82, 2.24) is 0 Å². The summed E-state index contributed by atoms with van der Waals surface area (Å²) in [6.07, 6.45) is 0. The predicted octanol–water partition coefficient (Wildman–Crippen LogP) is 1.93. The van der Waals surface area contributed by atoms with Crippen molar-refractivity contribution in [1.29, 1.82) is 0 Å². The van der Waals surface area contributed by atoms with Crippen molar-refractivity contribution in [3.63, 3.8) is 0 Å². The first-order chi connectivity index (χ1) is 9.85.